The molecule has 0 saturated carbocycles. The maximum Gasteiger partial charge on any atom is 0.223 e. The van der Waals surface area contributed by atoms with Crippen molar-refractivity contribution in [2.24, 2.45) is 16.1 Å². The number of amides is 1. The molecule has 5 rings (SSSR count). The quantitative estimate of drug-likeness (QED) is 0.459. The highest BCUT2D eigenvalue weighted by Crippen LogP contribution is 2.50. The standard InChI is InChI=1S/C23H22F2N8OS/c24-17-12-29-23(27-4-6-33-7-5-30-32-33)31-21(17)18-8-13-2-1-3-15(22(13)35-18)16-10-19(25)28-11-14(16)9-20(26)34/h1-3,10-12,18H,4-9H2,(H2,26,34)(H,27,29,31). The summed E-state index contributed by atoms with van der Waals surface area (Å²) in [5.41, 5.74) is 8.51. The summed E-state index contributed by atoms with van der Waals surface area (Å²) in [6, 6.07) is 6.98. The Morgan fingerprint density at radius 1 is 1.23 bits per heavy atom. The Hall–Kier alpha value is -3.67. The van der Waals surface area contributed by atoms with E-state index in [1.54, 1.807) is 0 Å². The molecule has 2 aliphatic heterocycles. The number of nitrogens with one attached hydrogen (secondary N) is 1. The lowest BCUT2D eigenvalue weighted by Crippen LogP contribution is -2.24. The van der Waals surface area contributed by atoms with Gasteiger partial charge in [0.1, 0.15) is 0 Å². The van der Waals surface area contributed by atoms with Crippen molar-refractivity contribution in [3.8, 4) is 11.1 Å². The van der Waals surface area contributed by atoms with Gasteiger partial charge in [-0.15, -0.1) is 11.8 Å². The lowest BCUT2D eigenvalue weighted by molar-refractivity contribution is -0.117. The topological polar surface area (TPSA) is 122 Å². The minimum absolute atomic E-state index is 0.0608. The fraction of sp³-hybridized carbons (Fsp3) is 0.304. The van der Waals surface area contributed by atoms with Gasteiger partial charge in [-0.25, -0.2) is 19.3 Å². The number of thioether (sulfide) groups is 1. The maximum atomic E-state index is 14.8. The summed E-state index contributed by atoms with van der Waals surface area (Å²) in [5.74, 6) is -1.33. The van der Waals surface area contributed by atoms with Crippen LogP contribution >= 0.6 is 11.8 Å². The van der Waals surface area contributed by atoms with Crippen molar-refractivity contribution in [2.45, 2.75) is 23.0 Å². The second kappa shape index (κ2) is 9.90. The summed E-state index contributed by atoms with van der Waals surface area (Å²) in [7, 11) is 0. The number of hydrogen-bond donors (Lipinski definition) is 2. The van der Waals surface area contributed by atoms with Gasteiger partial charge >= 0.3 is 0 Å². The van der Waals surface area contributed by atoms with Crippen molar-refractivity contribution >= 4 is 23.6 Å². The molecule has 0 radical (unpaired) electrons. The summed E-state index contributed by atoms with van der Waals surface area (Å²) < 4.78 is 28.8. The number of primary amides is 1. The van der Waals surface area contributed by atoms with E-state index in [1.807, 2.05) is 23.2 Å². The van der Waals surface area contributed by atoms with Gasteiger partial charge in [0.25, 0.3) is 0 Å². The molecule has 1 aromatic carbocycles. The fourth-order valence-electron chi connectivity index (χ4n) is 4.15. The minimum atomic E-state index is -0.654. The van der Waals surface area contributed by atoms with Gasteiger partial charge in [-0.3, -0.25) is 9.80 Å². The highest BCUT2D eigenvalue weighted by atomic mass is 32.2. The van der Waals surface area contributed by atoms with Crippen LogP contribution in [0.2, 0.25) is 0 Å². The van der Waals surface area contributed by atoms with Gasteiger partial charge in [0, 0.05) is 23.7 Å². The first-order valence-electron chi connectivity index (χ1n) is 11.1. The number of benzene rings is 1. The van der Waals surface area contributed by atoms with Crippen LogP contribution in [0.3, 0.4) is 0 Å². The summed E-state index contributed by atoms with van der Waals surface area (Å²) in [5, 5.41) is 12.6. The van der Waals surface area contributed by atoms with E-state index in [4.69, 9.17) is 5.73 Å². The predicted octanol–water partition coefficient (Wildman–Crippen LogP) is 3.33. The monoisotopic (exact) mass is 496 g/mol. The lowest BCUT2D eigenvalue weighted by atomic mass is 9.96. The summed E-state index contributed by atoms with van der Waals surface area (Å²) in [6.45, 7) is 2.65. The first-order chi connectivity index (χ1) is 17.0. The van der Waals surface area contributed by atoms with E-state index in [0.717, 1.165) is 22.6 Å². The number of anilines is 1. The number of hydrogen-bond acceptors (Lipinski definition) is 9. The number of halogens is 2. The molecule has 1 unspecified atom stereocenters. The van der Waals surface area contributed by atoms with Crippen molar-refractivity contribution in [3.05, 3.63) is 65.2 Å². The van der Waals surface area contributed by atoms with Crippen LogP contribution in [0.25, 0.3) is 11.1 Å². The Labute approximate surface area is 204 Å². The molecule has 2 aliphatic rings. The van der Waals surface area contributed by atoms with E-state index in [2.05, 4.69) is 30.6 Å². The number of aromatic nitrogens is 3. The second-order valence-electron chi connectivity index (χ2n) is 8.17. The van der Waals surface area contributed by atoms with Gasteiger partial charge in [-0.05, 0) is 28.7 Å². The minimum Gasteiger partial charge on any atom is -0.369 e. The normalized spacial score (nSPS) is 16.5. The average Bonchev–Trinajstić information content (AvgIpc) is 3.51. The molecule has 0 bridgehead atoms. The Bertz CT molecular complexity index is 1300. The van der Waals surface area contributed by atoms with Crippen LogP contribution in [0.4, 0.5) is 14.7 Å². The van der Waals surface area contributed by atoms with E-state index in [1.165, 1.54) is 30.2 Å². The van der Waals surface area contributed by atoms with E-state index in [0.29, 0.717) is 48.8 Å². The number of carbonyl (C=O) groups excluding carboxylic acids is 1. The fourth-order valence-corrected chi connectivity index (χ4v) is 5.59. The van der Waals surface area contributed by atoms with Crippen LogP contribution in [0.5, 0.6) is 0 Å². The molecule has 3 aromatic rings. The van der Waals surface area contributed by atoms with Gasteiger partial charge in [0.15, 0.2) is 5.82 Å². The second-order valence-corrected chi connectivity index (χ2v) is 9.39. The van der Waals surface area contributed by atoms with Crippen LogP contribution in [0, 0.1) is 11.8 Å². The van der Waals surface area contributed by atoms with Gasteiger partial charge in [-0.1, -0.05) is 23.4 Å². The third kappa shape index (κ3) is 5.06. The smallest absolute Gasteiger partial charge is 0.223 e. The van der Waals surface area contributed by atoms with Crippen LogP contribution < -0.4 is 11.1 Å². The Morgan fingerprint density at radius 2 is 2.11 bits per heavy atom. The molecule has 0 saturated heterocycles. The number of nitrogens with zero attached hydrogens (tertiary/aromatic N) is 6. The van der Waals surface area contributed by atoms with Crippen molar-refractivity contribution < 1.29 is 13.6 Å². The summed E-state index contributed by atoms with van der Waals surface area (Å²) in [4.78, 5) is 24.6. The van der Waals surface area contributed by atoms with Crippen molar-refractivity contribution in [1.82, 2.24) is 20.0 Å². The highest BCUT2D eigenvalue weighted by molar-refractivity contribution is 8.00. The SMILES string of the molecule is NC(=O)Cc1cnc(F)cc1-c1cccc2c1SC(c1nc(NCCN3CCN=N3)ncc1F)C2. The molecular formula is C23H22F2N8OS. The number of nitrogens with two attached hydrogens (primary N) is 1. The molecule has 0 spiro atoms. The molecular weight excluding hydrogens is 474 g/mol. The van der Waals surface area contributed by atoms with Gasteiger partial charge in [0.05, 0.1) is 43.2 Å². The van der Waals surface area contributed by atoms with Gasteiger partial charge < -0.3 is 11.1 Å². The molecule has 9 nitrogen and oxygen atoms in total. The summed E-state index contributed by atoms with van der Waals surface area (Å²) in [6.07, 6.45) is 2.99. The number of rotatable bonds is 8. The molecule has 1 atom stereocenters. The zero-order valence-corrected chi connectivity index (χ0v) is 19.4. The van der Waals surface area contributed by atoms with Crippen LogP contribution in [0.15, 0.2) is 51.9 Å². The molecule has 35 heavy (non-hydrogen) atoms. The third-order valence-corrected chi connectivity index (χ3v) is 7.14. The zero-order chi connectivity index (χ0) is 24.4. The van der Waals surface area contributed by atoms with E-state index >= 15 is 0 Å². The maximum absolute atomic E-state index is 14.8. The van der Waals surface area contributed by atoms with Crippen LogP contribution in [0.1, 0.15) is 22.1 Å². The van der Waals surface area contributed by atoms with Crippen LogP contribution in [-0.4, -0.2) is 52.0 Å². The Kier molecular flexibility index (Phi) is 6.53. The predicted molar refractivity (Wildman–Crippen MR) is 127 cm³/mol. The van der Waals surface area contributed by atoms with Gasteiger partial charge in [-0.2, -0.15) is 9.50 Å². The largest absolute Gasteiger partial charge is 0.369 e. The van der Waals surface area contributed by atoms with Crippen molar-refractivity contribution in [3.63, 3.8) is 0 Å². The Morgan fingerprint density at radius 3 is 2.91 bits per heavy atom. The molecule has 1 amide bonds. The third-order valence-electron chi connectivity index (χ3n) is 5.75. The zero-order valence-electron chi connectivity index (χ0n) is 18.6. The summed E-state index contributed by atoms with van der Waals surface area (Å²) >= 11 is 1.46. The van der Waals surface area contributed by atoms with E-state index in [9.17, 15) is 13.6 Å². The van der Waals surface area contributed by atoms with E-state index in [-0.39, 0.29) is 11.7 Å². The number of carbonyl (C=O) groups is 1. The molecule has 180 valence electrons. The van der Waals surface area contributed by atoms with Gasteiger partial charge in [0.2, 0.25) is 17.8 Å². The molecule has 3 N–H and O–H groups in total. The molecule has 0 fully saturated rings. The lowest BCUT2D eigenvalue weighted by Gasteiger charge is -2.14. The first-order valence-corrected chi connectivity index (χ1v) is 12.0. The molecule has 0 aliphatic carbocycles. The van der Waals surface area contributed by atoms with E-state index < -0.39 is 17.7 Å². The van der Waals surface area contributed by atoms with Crippen LogP contribution in [-0.2, 0) is 17.6 Å². The molecule has 4 heterocycles. The number of fused-ring (bicyclic) bond motifs is 1. The first kappa shape index (κ1) is 23.1. The number of pyridine rings is 1. The van der Waals surface area contributed by atoms with Crippen molar-refractivity contribution in [1.29, 1.82) is 0 Å². The average molecular weight is 497 g/mol. The molecule has 2 aromatic heterocycles. The highest BCUT2D eigenvalue weighted by Gasteiger charge is 2.30. The Balaban J connectivity index is 1.39. The van der Waals surface area contributed by atoms with Crippen molar-refractivity contribution in [2.75, 3.05) is 31.5 Å². The molecule has 12 heteroatoms.